The molecule has 106 valence electrons. The second-order valence-electron chi connectivity index (χ2n) is 3.39. The molecule has 0 aromatic heterocycles. The lowest BCUT2D eigenvalue weighted by molar-refractivity contribution is -0.134. The smallest absolute Gasteiger partial charge is 0.330 e. The Morgan fingerprint density at radius 2 is 1.90 bits per heavy atom. The third-order valence-corrected chi connectivity index (χ3v) is 2.99. The number of benzene rings is 1. The van der Waals surface area contributed by atoms with Gasteiger partial charge in [0.05, 0.1) is 7.11 Å². The summed E-state index contributed by atoms with van der Waals surface area (Å²) in [6, 6.07) is 5.14. The molecule has 1 aromatic carbocycles. The Balaban J connectivity index is 2.92. The molecule has 0 fully saturated rings. The molecular weight excluding hydrogens is 294 g/mol. The Hall–Kier alpha value is -1.14. The van der Waals surface area contributed by atoms with Gasteiger partial charge in [-0.3, -0.25) is 0 Å². The molecule has 0 unspecified atom stereocenters. The van der Waals surface area contributed by atoms with Gasteiger partial charge in [-0.25, -0.2) is 4.79 Å². The van der Waals surface area contributed by atoms with Crippen molar-refractivity contribution in [2.75, 3.05) is 7.11 Å². The Bertz CT molecular complexity index is 530. The van der Waals surface area contributed by atoms with Crippen molar-refractivity contribution in [3.8, 4) is 11.5 Å². The summed E-state index contributed by atoms with van der Waals surface area (Å²) in [5, 5.41) is 0. The van der Waals surface area contributed by atoms with Crippen LogP contribution in [0.1, 0.15) is 5.56 Å². The van der Waals surface area contributed by atoms with Crippen LogP contribution in [-0.4, -0.2) is 28.8 Å². The lowest BCUT2D eigenvalue weighted by Gasteiger charge is -2.10. The second kappa shape index (κ2) is 9.71. The SMILES string of the molecule is [2H]B(C)SOc1ccc(C=CC(=O)OC)cc1OSB([2H])C. The van der Waals surface area contributed by atoms with Crippen molar-refractivity contribution in [2.24, 2.45) is 0 Å². The fourth-order valence-corrected chi connectivity index (χ4v) is 1.86. The number of hydrogen-bond donors (Lipinski definition) is 0. The van der Waals surface area contributed by atoms with Gasteiger partial charge in [-0.2, -0.15) is 0 Å². The molecule has 0 aliphatic heterocycles. The van der Waals surface area contributed by atoms with Gasteiger partial charge in [0.25, 0.3) is 0 Å². The van der Waals surface area contributed by atoms with Crippen molar-refractivity contribution in [3.63, 3.8) is 0 Å². The van der Waals surface area contributed by atoms with Crippen molar-refractivity contribution in [3.05, 3.63) is 29.8 Å². The van der Waals surface area contributed by atoms with Crippen molar-refractivity contribution < 1.29 is 17.9 Å². The maximum Gasteiger partial charge on any atom is 0.330 e. The lowest BCUT2D eigenvalue weighted by Crippen LogP contribution is -1.94. The predicted molar refractivity (Wildman–Crippen MR) is 90.0 cm³/mol. The minimum Gasteiger partial charge on any atom is -0.466 e. The molecule has 0 atom stereocenters. The van der Waals surface area contributed by atoms with Crippen LogP contribution in [-0.2, 0) is 9.53 Å². The van der Waals surface area contributed by atoms with Crippen LogP contribution in [0.2, 0.25) is 13.6 Å². The standard InChI is InChI=1S/C12H16B2O4S2/c1-13-19-17-10-6-4-9(5-7-12(15)16-3)8-11(10)18-20-14-2/h4-8,13-14H,1-3H3/i13D,14D. The van der Waals surface area contributed by atoms with Gasteiger partial charge in [-0.15, -0.1) is 0 Å². The van der Waals surface area contributed by atoms with Gasteiger partial charge in [0.2, 0.25) is 13.0 Å². The number of esters is 1. The number of methoxy groups -OCH3 is 1. The summed E-state index contributed by atoms with van der Waals surface area (Å²) < 4.78 is 30.4. The maximum absolute atomic E-state index is 11.1. The van der Waals surface area contributed by atoms with E-state index in [9.17, 15) is 4.79 Å². The Morgan fingerprint density at radius 1 is 1.25 bits per heavy atom. The lowest BCUT2D eigenvalue weighted by atomic mass is 10.2. The Labute approximate surface area is 132 Å². The highest BCUT2D eigenvalue weighted by atomic mass is 32.2. The number of carbonyl (C=O) groups excluding carboxylic acids is 1. The van der Waals surface area contributed by atoms with Gasteiger partial charge in [0.15, 0.2) is 11.5 Å². The van der Waals surface area contributed by atoms with E-state index in [1.807, 2.05) is 0 Å². The van der Waals surface area contributed by atoms with E-state index in [2.05, 4.69) is 4.74 Å². The third kappa shape index (κ3) is 5.88. The van der Waals surface area contributed by atoms with E-state index in [-0.39, 0.29) is 0 Å². The Kier molecular flexibility index (Phi) is 6.72. The summed E-state index contributed by atoms with van der Waals surface area (Å²) in [5.74, 6) is 0.451. The van der Waals surface area contributed by atoms with Crippen LogP contribution in [0.25, 0.3) is 6.08 Å². The molecule has 8 heteroatoms. The maximum atomic E-state index is 11.1. The molecule has 0 aliphatic rings. The normalized spacial score (nSPS) is 11.6. The first-order valence-electron chi connectivity index (χ1n) is 6.99. The van der Waals surface area contributed by atoms with Crippen LogP contribution in [0.15, 0.2) is 24.3 Å². The highest BCUT2D eigenvalue weighted by Crippen LogP contribution is 2.33. The summed E-state index contributed by atoms with van der Waals surface area (Å²) in [6.07, 6.45) is 2.90. The van der Waals surface area contributed by atoms with E-state index in [0.717, 1.165) is 29.4 Å². The number of carbonyl (C=O) groups is 1. The zero-order valence-electron chi connectivity index (χ0n) is 13.5. The van der Waals surface area contributed by atoms with Crippen LogP contribution in [0.5, 0.6) is 11.5 Å². The minimum atomic E-state index is -0.454. The first-order chi connectivity index (χ1) is 10.4. The molecule has 4 nitrogen and oxygen atoms in total. The van der Waals surface area contributed by atoms with Gasteiger partial charge in [0.1, 0.15) is 0 Å². The van der Waals surface area contributed by atoms with E-state index in [1.165, 1.54) is 13.2 Å². The van der Waals surface area contributed by atoms with E-state index in [0.29, 0.717) is 11.5 Å². The molecule has 0 saturated carbocycles. The van der Waals surface area contributed by atoms with E-state index < -0.39 is 19.0 Å². The minimum absolute atomic E-state index is 0.435. The summed E-state index contributed by atoms with van der Waals surface area (Å²) in [6.45, 7) is 2.49. The van der Waals surface area contributed by atoms with E-state index in [4.69, 9.17) is 11.0 Å². The van der Waals surface area contributed by atoms with Gasteiger partial charge in [-0.1, -0.05) is 19.7 Å². The topological polar surface area (TPSA) is 44.8 Å². The molecule has 0 bridgehead atoms. The number of rotatable bonds is 8. The Morgan fingerprint density at radius 3 is 2.50 bits per heavy atom. The quantitative estimate of drug-likeness (QED) is 0.318. The summed E-state index contributed by atoms with van der Waals surface area (Å²) in [4.78, 5) is 11.1. The zero-order chi connectivity index (χ0) is 16.5. The number of hydrogen-bond acceptors (Lipinski definition) is 6. The molecule has 1 rings (SSSR count). The summed E-state index contributed by atoms with van der Waals surface area (Å²) >= 11 is 1.98. The van der Waals surface area contributed by atoms with Crippen LogP contribution >= 0.6 is 23.8 Å². The number of ether oxygens (including phenoxy) is 1. The third-order valence-electron chi connectivity index (χ3n) is 2.05. The van der Waals surface area contributed by atoms with Gasteiger partial charge >= 0.3 is 5.97 Å². The van der Waals surface area contributed by atoms with E-state index in [1.54, 1.807) is 37.9 Å². The molecule has 0 N–H and O–H groups in total. The molecule has 0 heterocycles. The van der Waals surface area contributed by atoms with Gasteiger partial charge in [-0.05, 0) is 50.2 Å². The highest BCUT2D eigenvalue weighted by molar-refractivity contribution is 8.19. The average Bonchev–Trinajstić information content (AvgIpc) is 2.48. The van der Waals surface area contributed by atoms with Gasteiger partial charge < -0.3 is 13.1 Å². The van der Waals surface area contributed by atoms with Crippen LogP contribution in [0, 0.1) is 0 Å². The molecule has 0 spiro atoms. The van der Waals surface area contributed by atoms with E-state index >= 15 is 0 Å². The predicted octanol–water partition coefficient (Wildman–Crippen LogP) is 2.73. The molecule has 20 heavy (non-hydrogen) atoms. The molecule has 0 amide bonds. The fraction of sp³-hybridized carbons (Fsp3) is 0.250. The van der Waals surface area contributed by atoms with Crippen LogP contribution in [0.3, 0.4) is 0 Å². The molecule has 0 radical (unpaired) electrons. The molecule has 1 aromatic rings. The van der Waals surface area contributed by atoms with Crippen LogP contribution in [0.4, 0.5) is 0 Å². The first-order valence-corrected chi connectivity index (χ1v) is 7.44. The monoisotopic (exact) mass is 312 g/mol. The fourth-order valence-electron chi connectivity index (χ4n) is 1.19. The van der Waals surface area contributed by atoms with Crippen molar-refractivity contribution >= 4 is 48.9 Å². The average molecular weight is 312 g/mol. The summed E-state index contributed by atoms with van der Waals surface area (Å²) in [7, 11) is 1.31. The van der Waals surface area contributed by atoms with Crippen LogP contribution < -0.4 is 8.37 Å². The van der Waals surface area contributed by atoms with Crippen molar-refractivity contribution in [1.29, 1.82) is 2.67 Å². The summed E-state index contributed by atoms with van der Waals surface area (Å²) in [5.41, 5.74) is 0.731. The second-order valence-corrected chi connectivity index (χ2v) is 5.05. The molecular formula is C12H16B2O4S2. The first kappa shape index (κ1) is 13.8. The molecule has 0 aliphatic carbocycles. The largest absolute Gasteiger partial charge is 0.466 e. The van der Waals surface area contributed by atoms with Gasteiger partial charge in [0, 0.05) is 6.08 Å². The zero-order valence-corrected chi connectivity index (χ0v) is 13.1. The van der Waals surface area contributed by atoms with Crippen molar-refractivity contribution in [1.82, 2.24) is 0 Å². The highest BCUT2D eigenvalue weighted by Gasteiger charge is 2.07. The molecule has 0 saturated heterocycles. The van der Waals surface area contributed by atoms with Crippen molar-refractivity contribution in [2.45, 2.75) is 13.6 Å².